The number of anilines is 1. The van der Waals surface area contributed by atoms with Gasteiger partial charge in [0.1, 0.15) is 18.1 Å². The Bertz CT molecular complexity index is 826. The van der Waals surface area contributed by atoms with Gasteiger partial charge in [-0.05, 0) is 42.8 Å². The van der Waals surface area contributed by atoms with Gasteiger partial charge in [0.2, 0.25) is 0 Å². The lowest BCUT2D eigenvalue weighted by Gasteiger charge is -2.09. The number of carbonyl (C=O) groups excluding carboxylic acids is 1. The van der Waals surface area contributed by atoms with E-state index in [4.69, 9.17) is 20.8 Å². The zero-order valence-electron chi connectivity index (χ0n) is 13.0. The van der Waals surface area contributed by atoms with Crippen molar-refractivity contribution in [3.63, 3.8) is 0 Å². The van der Waals surface area contributed by atoms with Crippen molar-refractivity contribution in [2.75, 3.05) is 5.32 Å². The summed E-state index contributed by atoms with van der Waals surface area (Å²) in [7, 11) is 0. The highest BCUT2D eigenvalue weighted by Gasteiger charge is 2.13. The van der Waals surface area contributed by atoms with Crippen molar-refractivity contribution in [1.82, 2.24) is 4.98 Å². The number of halogens is 1. The van der Waals surface area contributed by atoms with E-state index >= 15 is 0 Å². The fourth-order valence-electron chi connectivity index (χ4n) is 2.15. The monoisotopic (exact) mass is 342 g/mol. The molecule has 0 aliphatic heterocycles. The van der Waals surface area contributed by atoms with Gasteiger partial charge in [0.05, 0.1) is 5.02 Å². The van der Waals surface area contributed by atoms with E-state index in [-0.39, 0.29) is 18.3 Å². The SMILES string of the molecule is Cc1cccc(Cl)c1OCc1ccc(C(=O)Nc2ccncc2)o1. The van der Waals surface area contributed by atoms with Crippen LogP contribution < -0.4 is 10.1 Å². The molecule has 3 rings (SSSR count). The first-order valence-corrected chi connectivity index (χ1v) is 7.69. The molecule has 0 spiro atoms. The summed E-state index contributed by atoms with van der Waals surface area (Å²) >= 11 is 6.12. The van der Waals surface area contributed by atoms with Gasteiger partial charge in [-0.2, -0.15) is 0 Å². The van der Waals surface area contributed by atoms with Gasteiger partial charge in [-0.15, -0.1) is 0 Å². The predicted octanol–water partition coefficient (Wildman–Crippen LogP) is 4.47. The van der Waals surface area contributed by atoms with Gasteiger partial charge in [-0.3, -0.25) is 9.78 Å². The van der Waals surface area contributed by atoms with Gasteiger partial charge >= 0.3 is 0 Å². The molecule has 0 fully saturated rings. The van der Waals surface area contributed by atoms with E-state index in [2.05, 4.69) is 10.3 Å². The van der Waals surface area contributed by atoms with Crippen molar-refractivity contribution in [2.24, 2.45) is 0 Å². The number of aromatic nitrogens is 1. The molecular formula is C18H15ClN2O3. The van der Waals surface area contributed by atoms with E-state index in [0.717, 1.165) is 5.56 Å². The summed E-state index contributed by atoms with van der Waals surface area (Å²) < 4.78 is 11.2. The van der Waals surface area contributed by atoms with Crippen LogP contribution in [0.5, 0.6) is 5.75 Å². The summed E-state index contributed by atoms with van der Waals surface area (Å²) in [5.74, 6) is 1.02. The van der Waals surface area contributed by atoms with Crippen LogP contribution >= 0.6 is 11.6 Å². The minimum atomic E-state index is -0.332. The number of rotatable bonds is 5. The standard InChI is InChI=1S/C18H15ClN2O3/c1-12-3-2-4-15(19)17(12)23-11-14-5-6-16(24-14)18(22)21-13-7-9-20-10-8-13/h2-10H,11H2,1H3,(H,20,21,22). The summed E-state index contributed by atoms with van der Waals surface area (Å²) in [5, 5.41) is 3.27. The number of para-hydroxylation sites is 1. The average molecular weight is 343 g/mol. The van der Waals surface area contributed by atoms with Crippen LogP contribution in [-0.4, -0.2) is 10.9 Å². The van der Waals surface area contributed by atoms with Crippen LogP contribution in [0.25, 0.3) is 0 Å². The Labute approximate surface area is 144 Å². The molecule has 0 bridgehead atoms. The number of furan rings is 1. The van der Waals surface area contributed by atoms with E-state index in [1.54, 1.807) is 42.7 Å². The highest BCUT2D eigenvalue weighted by Crippen LogP contribution is 2.28. The van der Waals surface area contributed by atoms with Gasteiger partial charge in [-0.1, -0.05) is 23.7 Å². The van der Waals surface area contributed by atoms with Crippen molar-refractivity contribution in [3.8, 4) is 5.75 Å². The maximum atomic E-state index is 12.1. The van der Waals surface area contributed by atoms with Gasteiger partial charge < -0.3 is 14.5 Å². The third-order valence-corrected chi connectivity index (χ3v) is 3.64. The molecule has 1 N–H and O–H groups in total. The van der Waals surface area contributed by atoms with Crippen LogP contribution in [0.1, 0.15) is 21.9 Å². The topological polar surface area (TPSA) is 64.4 Å². The van der Waals surface area contributed by atoms with Gasteiger partial charge in [-0.25, -0.2) is 0 Å². The summed E-state index contributed by atoms with van der Waals surface area (Å²) in [5.41, 5.74) is 1.58. The highest BCUT2D eigenvalue weighted by molar-refractivity contribution is 6.32. The molecule has 0 saturated heterocycles. The molecule has 122 valence electrons. The minimum Gasteiger partial charge on any atom is -0.484 e. The maximum Gasteiger partial charge on any atom is 0.291 e. The Morgan fingerprint density at radius 3 is 2.75 bits per heavy atom. The number of hydrogen-bond donors (Lipinski definition) is 1. The molecule has 1 aromatic carbocycles. The second-order valence-corrected chi connectivity index (χ2v) is 5.54. The van der Waals surface area contributed by atoms with Crippen LogP contribution in [-0.2, 0) is 6.61 Å². The second kappa shape index (κ2) is 7.19. The van der Waals surface area contributed by atoms with E-state index in [1.165, 1.54) is 0 Å². The zero-order chi connectivity index (χ0) is 16.9. The quantitative estimate of drug-likeness (QED) is 0.743. The molecule has 2 heterocycles. The molecule has 0 aliphatic rings. The molecule has 6 heteroatoms. The third kappa shape index (κ3) is 3.75. The fraction of sp³-hybridized carbons (Fsp3) is 0.111. The number of nitrogens with one attached hydrogen (secondary N) is 1. The lowest BCUT2D eigenvalue weighted by atomic mass is 10.2. The second-order valence-electron chi connectivity index (χ2n) is 5.13. The van der Waals surface area contributed by atoms with Gasteiger partial charge in [0, 0.05) is 18.1 Å². The lowest BCUT2D eigenvalue weighted by molar-refractivity contribution is 0.0992. The Morgan fingerprint density at radius 1 is 1.21 bits per heavy atom. The first-order valence-electron chi connectivity index (χ1n) is 7.31. The highest BCUT2D eigenvalue weighted by atomic mass is 35.5. The first kappa shape index (κ1) is 16.1. The van der Waals surface area contributed by atoms with Gasteiger partial charge in [0.25, 0.3) is 5.91 Å². The molecule has 5 nitrogen and oxygen atoms in total. The maximum absolute atomic E-state index is 12.1. The largest absolute Gasteiger partial charge is 0.484 e. The lowest BCUT2D eigenvalue weighted by Crippen LogP contribution is -2.10. The number of hydrogen-bond acceptors (Lipinski definition) is 4. The van der Waals surface area contributed by atoms with Crippen molar-refractivity contribution in [3.05, 3.63) is 77.0 Å². The van der Waals surface area contributed by atoms with E-state index in [0.29, 0.717) is 22.2 Å². The Balaban J connectivity index is 1.64. The van der Waals surface area contributed by atoms with Crippen LogP contribution in [0.3, 0.4) is 0 Å². The number of aryl methyl sites for hydroxylation is 1. The van der Waals surface area contributed by atoms with Crippen LogP contribution in [0.2, 0.25) is 5.02 Å². The molecule has 0 aliphatic carbocycles. The first-order chi connectivity index (χ1) is 11.6. The van der Waals surface area contributed by atoms with Crippen LogP contribution in [0, 0.1) is 6.92 Å². The van der Waals surface area contributed by atoms with Crippen LogP contribution in [0.4, 0.5) is 5.69 Å². The van der Waals surface area contributed by atoms with Gasteiger partial charge in [0.15, 0.2) is 5.76 Å². The van der Waals surface area contributed by atoms with Crippen molar-refractivity contribution in [2.45, 2.75) is 13.5 Å². The number of pyridine rings is 1. The van der Waals surface area contributed by atoms with Crippen molar-refractivity contribution in [1.29, 1.82) is 0 Å². The molecule has 1 amide bonds. The zero-order valence-corrected chi connectivity index (χ0v) is 13.7. The summed E-state index contributed by atoms with van der Waals surface area (Å²) in [6.45, 7) is 2.10. The number of ether oxygens (including phenoxy) is 1. The van der Waals surface area contributed by atoms with E-state index in [9.17, 15) is 4.79 Å². The molecule has 0 unspecified atom stereocenters. The average Bonchev–Trinajstić information content (AvgIpc) is 3.04. The molecule has 2 aromatic heterocycles. The van der Waals surface area contributed by atoms with E-state index in [1.807, 2.05) is 19.1 Å². The smallest absolute Gasteiger partial charge is 0.291 e. The van der Waals surface area contributed by atoms with E-state index < -0.39 is 0 Å². The number of benzene rings is 1. The minimum absolute atomic E-state index is 0.188. The van der Waals surface area contributed by atoms with Crippen molar-refractivity contribution < 1.29 is 13.9 Å². The summed E-state index contributed by atoms with van der Waals surface area (Å²) in [6.07, 6.45) is 3.20. The van der Waals surface area contributed by atoms with Crippen LogP contribution in [0.15, 0.2) is 59.3 Å². The molecule has 3 aromatic rings. The Morgan fingerprint density at radius 2 is 2.00 bits per heavy atom. The molecule has 0 atom stereocenters. The van der Waals surface area contributed by atoms with Crippen molar-refractivity contribution >= 4 is 23.2 Å². The summed E-state index contributed by atoms with van der Waals surface area (Å²) in [6, 6.07) is 12.2. The Hall–Kier alpha value is -2.79. The number of nitrogens with zero attached hydrogens (tertiary/aromatic N) is 1. The molecule has 0 radical (unpaired) electrons. The number of amides is 1. The molecule has 24 heavy (non-hydrogen) atoms. The predicted molar refractivity (Wildman–Crippen MR) is 91.4 cm³/mol. The molecule has 0 saturated carbocycles. The normalized spacial score (nSPS) is 10.4. The number of carbonyl (C=O) groups is 1. The Kier molecular flexibility index (Phi) is 4.82. The third-order valence-electron chi connectivity index (χ3n) is 3.35. The molecular weight excluding hydrogens is 328 g/mol. The fourth-order valence-corrected chi connectivity index (χ4v) is 2.42. The summed E-state index contributed by atoms with van der Waals surface area (Å²) in [4.78, 5) is 16.0.